The molecule has 3 heterocycles. The molecule has 0 saturated carbocycles. The maximum absolute atomic E-state index is 13.3. The molecule has 0 bridgehead atoms. The highest BCUT2D eigenvalue weighted by Crippen LogP contribution is 2.35. The largest absolute Gasteiger partial charge is 0.494 e. The number of anilines is 1. The lowest BCUT2D eigenvalue weighted by Gasteiger charge is -2.18. The van der Waals surface area contributed by atoms with Crippen LogP contribution in [0.2, 0.25) is 0 Å². The fourth-order valence-electron chi connectivity index (χ4n) is 3.38. The molecule has 2 aromatic heterocycles. The van der Waals surface area contributed by atoms with E-state index in [1.54, 1.807) is 30.5 Å². The second-order valence-corrected chi connectivity index (χ2v) is 8.04. The molecule has 7 nitrogen and oxygen atoms in total. The smallest absolute Gasteiger partial charge is 0.253 e. The molecule has 1 amide bonds. The molecule has 4 aromatic rings. The molecule has 0 radical (unpaired) electrons. The first-order valence-corrected chi connectivity index (χ1v) is 10.7. The van der Waals surface area contributed by atoms with Crippen molar-refractivity contribution in [1.29, 1.82) is 0 Å². The zero-order valence-electron chi connectivity index (χ0n) is 17.2. The topological polar surface area (TPSA) is 73.8 Å². The van der Waals surface area contributed by atoms with Gasteiger partial charge in [0.05, 0.1) is 18.4 Å². The number of benzene rings is 2. The lowest BCUT2D eigenvalue weighted by Crippen LogP contribution is -2.28. The van der Waals surface area contributed by atoms with Crippen LogP contribution < -0.4 is 19.1 Å². The predicted molar refractivity (Wildman–Crippen MR) is 123 cm³/mol. The molecule has 1 aliphatic heterocycles. The van der Waals surface area contributed by atoms with Gasteiger partial charge in [-0.3, -0.25) is 14.7 Å². The summed E-state index contributed by atoms with van der Waals surface area (Å²) in [6.45, 7) is 0.557. The number of hydrogen-bond donors (Lipinski definition) is 0. The van der Waals surface area contributed by atoms with E-state index in [0.717, 1.165) is 21.3 Å². The number of carbonyl (C=O) groups is 1. The lowest BCUT2D eigenvalue weighted by molar-refractivity contribution is -0.114. The number of ether oxygens (including phenoxy) is 3. The minimum Gasteiger partial charge on any atom is -0.494 e. The number of aromatic nitrogens is 2. The van der Waals surface area contributed by atoms with Crippen molar-refractivity contribution in [1.82, 2.24) is 9.97 Å². The molecule has 0 aliphatic carbocycles. The molecule has 5 rings (SSSR count). The summed E-state index contributed by atoms with van der Waals surface area (Å²) in [5.74, 6) is 1.86. The zero-order valence-corrected chi connectivity index (χ0v) is 18.0. The summed E-state index contributed by atoms with van der Waals surface area (Å²) in [6, 6.07) is 15.1. The summed E-state index contributed by atoms with van der Waals surface area (Å²) in [6.07, 6.45) is 6.75. The van der Waals surface area contributed by atoms with E-state index in [-0.39, 0.29) is 12.7 Å². The molecular weight excluding hydrogens is 426 g/mol. The number of amides is 1. The van der Waals surface area contributed by atoms with Gasteiger partial charge in [-0.2, -0.15) is 0 Å². The Morgan fingerprint density at radius 3 is 2.94 bits per heavy atom. The Balaban J connectivity index is 1.47. The van der Waals surface area contributed by atoms with Crippen molar-refractivity contribution >= 4 is 38.7 Å². The number of rotatable bonds is 6. The van der Waals surface area contributed by atoms with Crippen molar-refractivity contribution in [3.8, 4) is 17.2 Å². The number of methoxy groups -OCH3 is 1. The van der Waals surface area contributed by atoms with Gasteiger partial charge in [-0.05, 0) is 47.5 Å². The Morgan fingerprint density at radius 2 is 2.09 bits per heavy atom. The van der Waals surface area contributed by atoms with Gasteiger partial charge in [0, 0.05) is 18.5 Å². The Bertz CT molecular complexity index is 1300. The number of fused-ring (bicyclic) bond motifs is 2. The van der Waals surface area contributed by atoms with E-state index in [0.29, 0.717) is 28.9 Å². The third-order valence-electron chi connectivity index (χ3n) is 4.97. The van der Waals surface area contributed by atoms with Crippen molar-refractivity contribution in [3.05, 3.63) is 78.1 Å². The van der Waals surface area contributed by atoms with Gasteiger partial charge in [-0.25, -0.2) is 4.98 Å². The van der Waals surface area contributed by atoms with Gasteiger partial charge in [0.25, 0.3) is 5.91 Å². The average molecular weight is 446 g/mol. The monoisotopic (exact) mass is 445 g/mol. The van der Waals surface area contributed by atoms with Gasteiger partial charge < -0.3 is 14.2 Å². The van der Waals surface area contributed by atoms with Gasteiger partial charge in [-0.15, -0.1) is 0 Å². The first-order chi connectivity index (χ1) is 15.7. The van der Waals surface area contributed by atoms with Crippen LogP contribution in [0.15, 0.2) is 67.0 Å². The lowest BCUT2D eigenvalue weighted by atomic mass is 10.2. The van der Waals surface area contributed by atoms with E-state index in [1.807, 2.05) is 48.5 Å². The van der Waals surface area contributed by atoms with E-state index in [2.05, 4.69) is 4.98 Å². The molecule has 8 heteroatoms. The Kier molecular flexibility index (Phi) is 5.43. The molecule has 2 aromatic carbocycles. The van der Waals surface area contributed by atoms with E-state index >= 15 is 0 Å². The highest BCUT2D eigenvalue weighted by molar-refractivity contribution is 7.22. The van der Waals surface area contributed by atoms with Crippen LogP contribution in [0.5, 0.6) is 17.2 Å². The highest BCUT2D eigenvalue weighted by Gasteiger charge is 2.20. The Hall–Kier alpha value is -3.91. The van der Waals surface area contributed by atoms with Crippen molar-refractivity contribution < 1.29 is 19.0 Å². The van der Waals surface area contributed by atoms with Crippen LogP contribution in [0.3, 0.4) is 0 Å². The number of hydrogen-bond acceptors (Lipinski definition) is 7. The van der Waals surface area contributed by atoms with Gasteiger partial charge in [-0.1, -0.05) is 29.5 Å². The van der Waals surface area contributed by atoms with Crippen molar-refractivity contribution in [2.24, 2.45) is 0 Å². The SMILES string of the molecule is COc1cccc2sc(N(Cc3cccnc3)C(=O)/C=C/c3ccc4c(c3)OCO4)nc12. The Labute approximate surface area is 188 Å². The normalized spacial score (nSPS) is 12.4. The quantitative estimate of drug-likeness (QED) is 0.402. The summed E-state index contributed by atoms with van der Waals surface area (Å²) >= 11 is 1.44. The first-order valence-electron chi connectivity index (χ1n) is 9.93. The second kappa shape index (κ2) is 8.68. The number of carbonyl (C=O) groups excluding carboxylic acids is 1. The fourth-order valence-corrected chi connectivity index (χ4v) is 4.37. The van der Waals surface area contributed by atoms with Crippen LogP contribution in [0.25, 0.3) is 16.3 Å². The molecule has 0 saturated heterocycles. The first kappa shape index (κ1) is 20.0. The minimum absolute atomic E-state index is 0.190. The molecule has 0 unspecified atom stereocenters. The van der Waals surface area contributed by atoms with Crippen LogP contribution in [-0.2, 0) is 11.3 Å². The maximum Gasteiger partial charge on any atom is 0.253 e. The minimum atomic E-state index is -0.190. The summed E-state index contributed by atoms with van der Waals surface area (Å²) < 4.78 is 17.1. The van der Waals surface area contributed by atoms with Gasteiger partial charge in [0.2, 0.25) is 6.79 Å². The Morgan fingerprint density at radius 1 is 1.19 bits per heavy atom. The molecular formula is C24H19N3O4S. The number of thiazole rings is 1. The molecule has 0 atom stereocenters. The zero-order chi connectivity index (χ0) is 21.9. The van der Waals surface area contributed by atoms with Crippen molar-refractivity contribution in [3.63, 3.8) is 0 Å². The third-order valence-corrected chi connectivity index (χ3v) is 6.01. The maximum atomic E-state index is 13.3. The third kappa shape index (κ3) is 4.00. The fraction of sp³-hybridized carbons (Fsp3) is 0.125. The van der Waals surface area contributed by atoms with Gasteiger partial charge >= 0.3 is 0 Å². The van der Waals surface area contributed by atoms with Crippen LogP contribution in [0, 0.1) is 0 Å². The summed E-state index contributed by atoms with van der Waals surface area (Å²) in [5, 5.41) is 0.591. The highest BCUT2D eigenvalue weighted by atomic mass is 32.1. The molecule has 1 aliphatic rings. The number of para-hydroxylation sites is 1. The standard InChI is InChI=1S/C24H19N3O4S/c1-29-19-5-2-6-21-23(19)26-24(32-21)27(14-17-4-3-11-25-13-17)22(28)10-8-16-7-9-18-20(12-16)31-15-30-18/h2-13H,14-15H2,1H3/b10-8+. The second-order valence-electron chi connectivity index (χ2n) is 7.04. The van der Waals surface area contributed by atoms with Crippen LogP contribution in [-0.4, -0.2) is 29.8 Å². The van der Waals surface area contributed by atoms with E-state index in [9.17, 15) is 4.79 Å². The molecule has 0 fully saturated rings. The number of pyridine rings is 1. The summed E-state index contributed by atoms with van der Waals surface area (Å²) in [7, 11) is 1.61. The average Bonchev–Trinajstić information content (AvgIpc) is 3.48. The molecule has 0 spiro atoms. The summed E-state index contributed by atoms with van der Waals surface area (Å²) in [4.78, 5) is 23.8. The molecule has 32 heavy (non-hydrogen) atoms. The predicted octanol–water partition coefficient (Wildman–Crippen LogP) is 4.68. The van der Waals surface area contributed by atoms with E-state index in [4.69, 9.17) is 19.2 Å². The van der Waals surface area contributed by atoms with Crippen LogP contribution in [0.1, 0.15) is 11.1 Å². The van der Waals surface area contributed by atoms with Gasteiger partial charge in [0.1, 0.15) is 11.3 Å². The van der Waals surface area contributed by atoms with E-state index < -0.39 is 0 Å². The van der Waals surface area contributed by atoms with Crippen molar-refractivity contribution in [2.45, 2.75) is 6.54 Å². The number of nitrogens with zero attached hydrogens (tertiary/aromatic N) is 3. The van der Waals surface area contributed by atoms with Crippen molar-refractivity contribution in [2.75, 3.05) is 18.8 Å². The van der Waals surface area contributed by atoms with E-state index in [1.165, 1.54) is 17.4 Å². The molecule has 0 N–H and O–H groups in total. The molecule has 160 valence electrons. The van der Waals surface area contributed by atoms with Gasteiger partial charge in [0.15, 0.2) is 16.6 Å². The van der Waals surface area contributed by atoms with Crippen LogP contribution >= 0.6 is 11.3 Å². The van der Waals surface area contributed by atoms with Crippen LogP contribution in [0.4, 0.5) is 5.13 Å². The summed E-state index contributed by atoms with van der Waals surface area (Å²) in [5.41, 5.74) is 2.48.